The lowest BCUT2D eigenvalue weighted by Gasteiger charge is -2.34. The number of aliphatic carboxylic acids is 1. The summed E-state index contributed by atoms with van der Waals surface area (Å²) in [6, 6.07) is -0.223. The van der Waals surface area contributed by atoms with E-state index in [9.17, 15) is 9.59 Å². The van der Waals surface area contributed by atoms with E-state index in [1.54, 1.807) is 13.8 Å². The van der Waals surface area contributed by atoms with Crippen molar-refractivity contribution in [1.29, 1.82) is 0 Å². The van der Waals surface area contributed by atoms with Crippen LogP contribution in [0.3, 0.4) is 0 Å². The van der Waals surface area contributed by atoms with Gasteiger partial charge in [-0.1, -0.05) is 6.92 Å². The molecule has 0 spiro atoms. The van der Waals surface area contributed by atoms with E-state index in [0.29, 0.717) is 18.7 Å². The highest BCUT2D eigenvalue weighted by atomic mass is 16.4. The summed E-state index contributed by atoms with van der Waals surface area (Å²) in [4.78, 5) is 28.8. The van der Waals surface area contributed by atoms with Crippen LogP contribution in [-0.4, -0.2) is 40.1 Å². The minimum absolute atomic E-state index is 0.148. The predicted octanol–water partition coefficient (Wildman–Crippen LogP) is 1.87. The Morgan fingerprint density at radius 2 is 2.10 bits per heavy atom. The molecule has 20 heavy (non-hydrogen) atoms. The third kappa shape index (κ3) is 3.09. The second kappa shape index (κ2) is 5.52. The third-order valence-electron chi connectivity index (χ3n) is 3.54. The molecule has 0 bridgehead atoms. The average Bonchev–Trinajstić information content (AvgIpc) is 2.67. The molecule has 2 amide bonds. The van der Waals surface area contributed by atoms with E-state index in [-0.39, 0.29) is 24.5 Å². The van der Waals surface area contributed by atoms with E-state index in [4.69, 9.17) is 9.52 Å². The number of hydrogen-bond donors (Lipinski definition) is 2. The van der Waals surface area contributed by atoms with E-state index in [2.05, 4.69) is 10.3 Å². The Bertz CT molecular complexity index is 506. The number of carbonyl (C=O) groups is 2. The highest BCUT2D eigenvalue weighted by Crippen LogP contribution is 2.22. The number of aromatic nitrogens is 1. The van der Waals surface area contributed by atoms with Gasteiger partial charge in [-0.3, -0.25) is 10.1 Å². The van der Waals surface area contributed by atoms with Gasteiger partial charge in [-0.2, -0.15) is 4.98 Å². The standard InChI is InChI=1S/C13H19N3O4/c1-7-4-10(11(17)18)6-16(5-7)13(19)15-12-14-8(2)9(3)20-12/h7,10H,4-6H2,1-3H3,(H,17,18)(H,14,15,19). The summed E-state index contributed by atoms with van der Waals surface area (Å²) in [7, 11) is 0. The van der Waals surface area contributed by atoms with E-state index in [1.807, 2.05) is 6.92 Å². The van der Waals surface area contributed by atoms with E-state index < -0.39 is 11.9 Å². The molecule has 7 nitrogen and oxygen atoms in total. The first-order valence-corrected chi connectivity index (χ1v) is 6.59. The Morgan fingerprint density at radius 1 is 1.40 bits per heavy atom. The van der Waals surface area contributed by atoms with Crippen LogP contribution in [0, 0.1) is 25.7 Å². The van der Waals surface area contributed by atoms with E-state index >= 15 is 0 Å². The van der Waals surface area contributed by atoms with E-state index in [0.717, 1.165) is 5.69 Å². The normalized spacial score (nSPS) is 22.6. The molecule has 1 aliphatic heterocycles. The molecule has 7 heteroatoms. The average molecular weight is 281 g/mol. The van der Waals surface area contributed by atoms with Crippen molar-refractivity contribution < 1.29 is 19.1 Å². The number of oxazole rings is 1. The van der Waals surface area contributed by atoms with Crippen molar-refractivity contribution in [3.05, 3.63) is 11.5 Å². The molecule has 0 radical (unpaired) electrons. The number of carboxylic acid groups (broad SMARTS) is 1. The summed E-state index contributed by atoms with van der Waals surface area (Å²) >= 11 is 0. The molecular weight excluding hydrogens is 262 g/mol. The molecular formula is C13H19N3O4. The first kappa shape index (κ1) is 14.4. The van der Waals surface area contributed by atoms with Crippen LogP contribution in [0.1, 0.15) is 24.8 Å². The fourth-order valence-electron chi connectivity index (χ4n) is 2.39. The Morgan fingerprint density at radius 3 is 2.65 bits per heavy atom. The van der Waals surface area contributed by atoms with Crippen molar-refractivity contribution in [3.8, 4) is 0 Å². The maximum atomic E-state index is 12.1. The maximum Gasteiger partial charge on any atom is 0.325 e. The fourth-order valence-corrected chi connectivity index (χ4v) is 2.39. The summed E-state index contributed by atoms with van der Waals surface area (Å²) in [6.45, 7) is 6.24. The molecule has 2 heterocycles. The molecule has 2 atom stereocenters. The molecule has 0 saturated carbocycles. The van der Waals surface area contributed by atoms with Crippen molar-refractivity contribution in [3.63, 3.8) is 0 Å². The number of aryl methyl sites for hydroxylation is 2. The van der Waals surface area contributed by atoms with Crippen LogP contribution >= 0.6 is 0 Å². The first-order valence-electron chi connectivity index (χ1n) is 6.59. The number of carbonyl (C=O) groups excluding carboxylic acids is 1. The smallest absolute Gasteiger partial charge is 0.325 e. The number of amides is 2. The SMILES string of the molecule is Cc1nc(NC(=O)N2CC(C)CC(C(=O)O)C2)oc1C. The summed E-state index contributed by atoms with van der Waals surface area (Å²) in [5, 5.41) is 11.7. The highest BCUT2D eigenvalue weighted by Gasteiger charge is 2.32. The molecule has 2 unspecified atom stereocenters. The van der Waals surface area contributed by atoms with Crippen molar-refractivity contribution >= 4 is 18.0 Å². The molecule has 1 aromatic rings. The number of rotatable bonds is 2. The van der Waals surface area contributed by atoms with Gasteiger partial charge >= 0.3 is 18.0 Å². The van der Waals surface area contributed by atoms with Gasteiger partial charge in [0.05, 0.1) is 11.6 Å². The molecule has 110 valence electrons. The predicted molar refractivity (Wildman–Crippen MR) is 71.5 cm³/mol. The number of anilines is 1. The Hall–Kier alpha value is -2.05. The number of hydrogen-bond acceptors (Lipinski definition) is 4. The van der Waals surface area contributed by atoms with Gasteiger partial charge in [-0.05, 0) is 26.2 Å². The number of nitrogens with zero attached hydrogens (tertiary/aromatic N) is 2. The first-order chi connectivity index (χ1) is 9.36. The zero-order valence-electron chi connectivity index (χ0n) is 11.8. The number of likely N-dealkylation sites (tertiary alicyclic amines) is 1. The Labute approximate surface area is 117 Å². The van der Waals surface area contributed by atoms with Crippen LogP contribution < -0.4 is 5.32 Å². The van der Waals surface area contributed by atoms with Gasteiger partial charge in [0.15, 0.2) is 0 Å². The quantitative estimate of drug-likeness (QED) is 0.862. The second-order valence-electron chi connectivity index (χ2n) is 5.37. The van der Waals surface area contributed by atoms with Crippen LogP contribution in [-0.2, 0) is 4.79 Å². The molecule has 1 aromatic heterocycles. The summed E-state index contributed by atoms with van der Waals surface area (Å²) in [5.74, 6) is -0.575. The van der Waals surface area contributed by atoms with Gasteiger partial charge in [-0.15, -0.1) is 0 Å². The molecule has 2 rings (SSSR count). The topological polar surface area (TPSA) is 95.7 Å². The lowest BCUT2D eigenvalue weighted by molar-refractivity contribution is -0.143. The molecule has 1 fully saturated rings. The summed E-state index contributed by atoms with van der Waals surface area (Å²) in [5.41, 5.74) is 0.718. The number of carboxylic acids is 1. The largest absolute Gasteiger partial charge is 0.481 e. The number of urea groups is 1. The molecule has 0 aliphatic carbocycles. The fraction of sp³-hybridized carbons (Fsp3) is 0.615. The zero-order chi connectivity index (χ0) is 14.9. The maximum absolute atomic E-state index is 12.1. The van der Waals surface area contributed by atoms with Gasteiger partial charge < -0.3 is 14.4 Å². The van der Waals surface area contributed by atoms with Crippen LogP contribution in [0.25, 0.3) is 0 Å². The van der Waals surface area contributed by atoms with Crippen LogP contribution in [0.15, 0.2) is 4.42 Å². The third-order valence-corrected chi connectivity index (χ3v) is 3.54. The molecule has 1 aliphatic rings. The minimum Gasteiger partial charge on any atom is -0.481 e. The van der Waals surface area contributed by atoms with Gasteiger partial charge in [0.1, 0.15) is 5.76 Å². The Kier molecular flexibility index (Phi) is 3.96. The Balaban J connectivity index is 2.02. The summed E-state index contributed by atoms with van der Waals surface area (Å²) in [6.07, 6.45) is 0.594. The number of nitrogens with one attached hydrogen (secondary N) is 1. The minimum atomic E-state index is -0.864. The van der Waals surface area contributed by atoms with Crippen LogP contribution in [0.2, 0.25) is 0 Å². The van der Waals surface area contributed by atoms with Crippen LogP contribution in [0.5, 0.6) is 0 Å². The summed E-state index contributed by atoms with van der Waals surface area (Å²) < 4.78 is 5.29. The molecule has 2 N–H and O–H groups in total. The number of piperidine rings is 1. The second-order valence-corrected chi connectivity index (χ2v) is 5.37. The van der Waals surface area contributed by atoms with E-state index in [1.165, 1.54) is 4.90 Å². The van der Waals surface area contributed by atoms with Crippen molar-refractivity contribution in [2.75, 3.05) is 18.4 Å². The van der Waals surface area contributed by atoms with Crippen molar-refractivity contribution in [2.24, 2.45) is 11.8 Å². The van der Waals surface area contributed by atoms with Crippen molar-refractivity contribution in [1.82, 2.24) is 9.88 Å². The molecule has 1 saturated heterocycles. The lowest BCUT2D eigenvalue weighted by Crippen LogP contribution is -2.47. The van der Waals surface area contributed by atoms with Crippen LogP contribution in [0.4, 0.5) is 10.8 Å². The van der Waals surface area contributed by atoms with Gasteiger partial charge in [0.2, 0.25) is 0 Å². The molecule has 0 aromatic carbocycles. The van der Waals surface area contributed by atoms with Crippen molar-refractivity contribution in [2.45, 2.75) is 27.2 Å². The van der Waals surface area contributed by atoms with Gasteiger partial charge in [-0.25, -0.2) is 4.79 Å². The lowest BCUT2D eigenvalue weighted by atomic mass is 9.91. The zero-order valence-corrected chi connectivity index (χ0v) is 11.8. The monoisotopic (exact) mass is 281 g/mol. The highest BCUT2D eigenvalue weighted by molar-refractivity contribution is 5.87. The van der Waals surface area contributed by atoms with Gasteiger partial charge in [0.25, 0.3) is 0 Å². The van der Waals surface area contributed by atoms with Gasteiger partial charge in [0, 0.05) is 13.1 Å².